The number of hydrogen-bond acceptors (Lipinski definition) is 2. The largest absolute Gasteiger partial charge is 0.264 e. The molecule has 0 amide bonds. The molecular weight excluding hydrogens is 281 g/mol. The predicted molar refractivity (Wildman–Crippen MR) is 57.9 cm³/mol. The molecule has 1 aromatic carbocycles. The zero-order valence-electron chi connectivity index (χ0n) is 6.66. The summed E-state index contributed by atoms with van der Waals surface area (Å²) in [5, 5.41) is 9.98. The number of benzene rings is 1. The van der Waals surface area contributed by atoms with Crippen LogP contribution in [0, 0.1) is 25.5 Å². The van der Waals surface area contributed by atoms with E-state index in [9.17, 15) is 10.1 Å². The van der Waals surface area contributed by atoms with Crippen molar-refractivity contribution in [2.45, 2.75) is 0 Å². The Morgan fingerprint density at radius 3 is 2.77 bits per heavy atom. The Kier molecular flexibility index (Phi) is 3.71. The lowest BCUT2D eigenvalue weighted by Crippen LogP contribution is -1.96. The van der Waals surface area contributed by atoms with Crippen molar-refractivity contribution >= 4 is 22.6 Å². The highest BCUT2D eigenvalue weighted by molar-refractivity contribution is 14.1. The molecule has 0 saturated heterocycles. The second-order valence-corrected chi connectivity index (χ2v) is 3.43. The van der Waals surface area contributed by atoms with Gasteiger partial charge >= 0.3 is 0 Å². The average Bonchev–Trinajstić information content (AvgIpc) is 2.08. The lowest BCUT2D eigenvalue weighted by atomic mass is 10.2. The van der Waals surface area contributed by atoms with Crippen LogP contribution in [0.4, 0.5) is 0 Å². The van der Waals surface area contributed by atoms with E-state index in [-0.39, 0.29) is 6.54 Å². The van der Waals surface area contributed by atoms with Crippen molar-refractivity contribution < 1.29 is 4.92 Å². The first-order chi connectivity index (χ1) is 6.20. The van der Waals surface area contributed by atoms with Gasteiger partial charge in [0.2, 0.25) is 0 Å². The van der Waals surface area contributed by atoms with E-state index >= 15 is 0 Å². The monoisotopic (exact) mass is 287 g/mol. The number of nitro groups is 1. The van der Waals surface area contributed by atoms with Crippen LogP contribution >= 0.6 is 22.6 Å². The van der Waals surface area contributed by atoms with Crippen LogP contribution in [-0.4, -0.2) is 11.5 Å². The molecular formula is C9H6INO2. The molecule has 13 heavy (non-hydrogen) atoms. The van der Waals surface area contributed by atoms with Gasteiger partial charge < -0.3 is 0 Å². The summed E-state index contributed by atoms with van der Waals surface area (Å²) >= 11 is 2.15. The highest BCUT2D eigenvalue weighted by Gasteiger charge is 1.93. The molecule has 0 unspecified atom stereocenters. The zero-order chi connectivity index (χ0) is 9.68. The minimum atomic E-state index is -0.442. The van der Waals surface area contributed by atoms with Gasteiger partial charge in [-0.1, -0.05) is 18.1 Å². The smallest absolute Gasteiger partial charge is 0.263 e. The summed E-state index contributed by atoms with van der Waals surface area (Å²) in [5.74, 6) is 5.23. The molecule has 0 atom stereocenters. The lowest BCUT2D eigenvalue weighted by molar-refractivity contribution is -0.466. The summed E-state index contributed by atoms with van der Waals surface area (Å²) in [4.78, 5) is 9.53. The molecule has 0 aromatic heterocycles. The van der Waals surface area contributed by atoms with Gasteiger partial charge in [0.05, 0.1) is 0 Å². The molecule has 0 bridgehead atoms. The number of nitrogens with zero attached hydrogens (tertiary/aromatic N) is 1. The van der Waals surface area contributed by atoms with E-state index in [2.05, 4.69) is 34.4 Å². The van der Waals surface area contributed by atoms with Gasteiger partial charge in [-0.2, -0.15) is 0 Å². The number of hydrogen-bond donors (Lipinski definition) is 0. The summed E-state index contributed by atoms with van der Waals surface area (Å²) in [6.45, 7) is -0.301. The summed E-state index contributed by atoms with van der Waals surface area (Å²) in [6.07, 6.45) is 0. The third-order valence-corrected chi connectivity index (χ3v) is 2.25. The summed E-state index contributed by atoms with van der Waals surface area (Å²) in [7, 11) is 0. The van der Waals surface area contributed by atoms with Gasteiger partial charge in [-0.3, -0.25) is 10.1 Å². The Bertz CT molecular complexity index is 379. The Balaban J connectivity index is 2.77. The Morgan fingerprint density at radius 1 is 1.46 bits per heavy atom. The third-order valence-electron chi connectivity index (χ3n) is 1.31. The Labute approximate surface area is 89.4 Å². The topological polar surface area (TPSA) is 43.1 Å². The van der Waals surface area contributed by atoms with Crippen LogP contribution in [0.25, 0.3) is 0 Å². The minimum absolute atomic E-state index is 0.301. The average molecular weight is 287 g/mol. The quantitative estimate of drug-likeness (QED) is 0.343. The maximum Gasteiger partial charge on any atom is 0.263 e. The number of rotatable bonds is 1. The van der Waals surface area contributed by atoms with Crippen molar-refractivity contribution in [2.24, 2.45) is 0 Å². The normalized spacial score (nSPS) is 8.69. The van der Waals surface area contributed by atoms with E-state index in [1.54, 1.807) is 0 Å². The molecule has 0 aliphatic carbocycles. The molecule has 0 N–H and O–H groups in total. The fourth-order valence-corrected chi connectivity index (χ4v) is 1.28. The molecule has 66 valence electrons. The van der Waals surface area contributed by atoms with Crippen molar-refractivity contribution in [2.75, 3.05) is 6.54 Å². The standard InChI is InChI=1S/C9H6INO2/c10-9-6-2-1-4-8(9)5-3-7-11(12)13/h1-2,4,6H,7H2. The summed E-state index contributed by atoms with van der Waals surface area (Å²) in [5.41, 5.74) is 0.838. The van der Waals surface area contributed by atoms with Gasteiger partial charge in [-0.15, -0.1) is 0 Å². The van der Waals surface area contributed by atoms with Crippen molar-refractivity contribution in [3.05, 3.63) is 43.5 Å². The molecule has 3 nitrogen and oxygen atoms in total. The van der Waals surface area contributed by atoms with Crippen LogP contribution in [0.3, 0.4) is 0 Å². The van der Waals surface area contributed by atoms with E-state index in [1.807, 2.05) is 24.3 Å². The SMILES string of the molecule is O=[N+]([O-])CC#Cc1ccccc1I. The summed E-state index contributed by atoms with van der Waals surface area (Å²) < 4.78 is 1.01. The van der Waals surface area contributed by atoms with E-state index in [1.165, 1.54) is 0 Å². The van der Waals surface area contributed by atoms with Crippen molar-refractivity contribution in [1.29, 1.82) is 0 Å². The molecule has 0 heterocycles. The third kappa shape index (κ3) is 3.42. The fraction of sp³-hybridized carbons (Fsp3) is 0.111. The highest BCUT2D eigenvalue weighted by atomic mass is 127. The molecule has 1 rings (SSSR count). The van der Waals surface area contributed by atoms with Gasteiger partial charge in [0.25, 0.3) is 6.54 Å². The van der Waals surface area contributed by atoms with Crippen LogP contribution in [-0.2, 0) is 0 Å². The second-order valence-electron chi connectivity index (χ2n) is 2.27. The van der Waals surface area contributed by atoms with Crippen LogP contribution in [0.2, 0.25) is 0 Å². The van der Waals surface area contributed by atoms with Gasteiger partial charge in [0, 0.05) is 14.1 Å². The van der Waals surface area contributed by atoms with Gasteiger partial charge in [-0.05, 0) is 40.6 Å². The van der Waals surface area contributed by atoms with E-state index in [4.69, 9.17) is 0 Å². The van der Waals surface area contributed by atoms with Crippen molar-refractivity contribution in [3.8, 4) is 11.8 Å². The maximum absolute atomic E-state index is 9.98. The highest BCUT2D eigenvalue weighted by Crippen LogP contribution is 2.09. The number of halogens is 1. The Hall–Kier alpha value is -1.09. The maximum atomic E-state index is 9.98. The van der Waals surface area contributed by atoms with E-state index in [0.717, 1.165) is 9.13 Å². The minimum Gasteiger partial charge on any atom is -0.264 e. The lowest BCUT2D eigenvalue weighted by Gasteiger charge is -1.92. The van der Waals surface area contributed by atoms with Crippen LogP contribution in [0.15, 0.2) is 24.3 Å². The van der Waals surface area contributed by atoms with Crippen LogP contribution in [0.5, 0.6) is 0 Å². The molecule has 0 fully saturated rings. The molecule has 1 aromatic rings. The summed E-state index contributed by atoms with van der Waals surface area (Å²) in [6, 6.07) is 7.52. The molecule has 0 saturated carbocycles. The van der Waals surface area contributed by atoms with Gasteiger partial charge in [0.1, 0.15) is 0 Å². The predicted octanol–water partition coefficient (Wildman–Crippen LogP) is 1.92. The van der Waals surface area contributed by atoms with Crippen LogP contribution in [0.1, 0.15) is 5.56 Å². The van der Waals surface area contributed by atoms with Gasteiger partial charge in [0.15, 0.2) is 0 Å². The first kappa shape index (κ1) is 9.99. The zero-order valence-corrected chi connectivity index (χ0v) is 8.82. The van der Waals surface area contributed by atoms with Crippen molar-refractivity contribution in [1.82, 2.24) is 0 Å². The van der Waals surface area contributed by atoms with Crippen LogP contribution < -0.4 is 0 Å². The first-order valence-corrected chi connectivity index (χ1v) is 4.63. The molecule has 0 aliphatic heterocycles. The van der Waals surface area contributed by atoms with E-state index in [0.29, 0.717) is 0 Å². The molecule has 0 spiro atoms. The molecule has 0 radical (unpaired) electrons. The van der Waals surface area contributed by atoms with Crippen molar-refractivity contribution in [3.63, 3.8) is 0 Å². The first-order valence-electron chi connectivity index (χ1n) is 3.55. The van der Waals surface area contributed by atoms with E-state index < -0.39 is 4.92 Å². The Morgan fingerprint density at radius 2 is 2.15 bits per heavy atom. The fourth-order valence-electron chi connectivity index (χ4n) is 0.762. The molecule has 0 aliphatic rings. The second kappa shape index (κ2) is 4.82. The van der Waals surface area contributed by atoms with Gasteiger partial charge in [-0.25, -0.2) is 0 Å². The molecule has 4 heteroatoms.